The van der Waals surface area contributed by atoms with Crippen LogP contribution >= 0.6 is 23.2 Å². The van der Waals surface area contributed by atoms with Crippen molar-refractivity contribution in [2.75, 3.05) is 0 Å². The SMILES string of the molecule is C[C@H](NC(=O)c1ccccc1Cl)C(=O)NNC(=O)c1cccc(Cl)c1. The van der Waals surface area contributed by atoms with Gasteiger partial charge in [0.2, 0.25) is 0 Å². The molecule has 3 amide bonds. The van der Waals surface area contributed by atoms with Crippen LogP contribution < -0.4 is 16.2 Å². The van der Waals surface area contributed by atoms with Crippen LogP contribution in [0.25, 0.3) is 0 Å². The van der Waals surface area contributed by atoms with Crippen LogP contribution in [0.15, 0.2) is 48.5 Å². The first kappa shape index (κ1) is 18.8. The van der Waals surface area contributed by atoms with Gasteiger partial charge in [-0.15, -0.1) is 0 Å². The maximum atomic E-state index is 12.1. The molecule has 2 aromatic rings. The van der Waals surface area contributed by atoms with E-state index >= 15 is 0 Å². The molecule has 25 heavy (non-hydrogen) atoms. The Morgan fingerprint density at radius 2 is 1.64 bits per heavy atom. The van der Waals surface area contributed by atoms with Crippen molar-refractivity contribution in [3.8, 4) is 0 Å². The average molecular weight is 380 g/mol. The van der Waals surface area contributed by atoms with E-state index in [1.165, 1.54) is 13.0 Å². The van der Waals surface area contributed by atoms with Crippen molar-refractivity contribution in [2.45, 2.75) is 13.0 Å². The molecule has 0 bridgehead atoms. The van der Waals surface area contributed by atoms with Gasteiger partial charge in [0.05, 0.1) is 10.6 Å². The van der Waals surface area contributed by atoms with E-state index in [1.54, 1.807) is 42.5 Å². The van der Waals surface area contributed by atoms with Crippen LogP contribution in [0.4, 0.5) is 0 Å². The number of carbonyl (C=O) groups excluding carboxylic acids is 3. The number of hydrogen-bond donors (Lipinski definition) is 3. The summed E-state index contributed by atoms with van der Waals surface area (Å²) in [6.07, 6.45) is 0. The molecule has 0 heterocycles. The van der Waals surface area contributed by atoms with E-state index in [2.05, 4.69) is 16.2 Å². The molecular formula is C17H15Cl2N3O3. The molecule has 0 saturated carbocycles. The summed E-state index contributed by atoms with van der Waals surface area (Å²) < 4.78 is 0. The summed E-state index contributed by atoms with van der Waals surface area (Å²) in [6.45, 7) is 1.48. The normalized spacial score (nSPS) is 11.3. The molecule has 130 valence electrons. The predicted molar refractivity (Wildman–Crippen MR) is 95.4 cm³/mol. The van der Waals surface area contributed by atoms with Gasteiger partial charge in [-0.3, -0.25) is 25.2 Å². The van der Waals surface area contributed by atoms with Crippen LogP contribution in [0, 0.1) is 0 Å². The minimum Gasteiger partial charge on any atom is -0.340 e. The van der Waals surface area contributed by atoms with E-state index in [-0.39, 0.29) is 10.6 Å². The second-order valence-corrected chi connectivity index (χ2v) is 5.97. The van der Waals surface area contributed by atoms with Crippen LogP contribution in [0.3, 0.4) is 0 Å². The Morgan fingerprint density at radius 3 is 2.32 bits per heavy atom. The van der Waals surface area contributed by atoms with Crippen molar-refractivity contribution in [1.29, 1.82) is 0 Å². The first-order valence-electron chi connectivity index (χ1n) is 7.29. The van der Waals surface area contributed by atoms with Crippen LogP contribution in [0.5, 0.6) is 0 Å². The topological polar surface area (TPSA) is 87.3 Å². The van der Waals surface area contributed by atoms with E-state index < -0.39 is 23.8 Å². The Hall–Kier alpha value is -2.57. The minimum atomic E-state index is -0.886. The summed E-state index contributed by atoms with van der Waals surface area (Å²) in [6, 6.07) is 11.9. The molecule has 0 saturated heterocycles. The molecule has 0 aliphatic carbocycles. The molecule has 0 spiro atoms. The first-order chi connectivity index (χ1) is 11.9. The summed E-state index contributed by atoms with van der Waals surface area (Å²) in [5, 5.41) is 3.18. The standard InChI is InChI=1S/C17H15Cl2N3O3/c1-10(20-17(25)13-7-2-3-8-14(13)19)15(23)21-22-16(24)11-5-4-6-12(18)9-11/h2-10H,1H3,(H,20,25)(H,21,23)(H,22,24)/t10-/m0/s1. The Morgan fingerprint density at radius 1 is 0.920 bits per heavy atom. The van der Waals surface area contributed by atoms with E-state index in [9.17, 15) is 14.4 Å². The van der Waals surface area contributed by atoms with E-state index in [0.29, 0.717) is 10.6 Å². The zero-order chi connectivity index (χ0) is 18.4. The molecule has 2 aromatic carbocycles. The molecule has 3 N–H and O–H groups in total. The summed E-state index contributed by atoms with van der Waals surface area (Å²) in [7, 11) is 0. The molecule has 0 fully saturated rings. The minimum absolute atomic E-state index is 0.256. The van der Waals surface area contributed by atoms with Crippen molar-refractivity contribution in [2.24, 2.45) is 0 Å². The molecule has 0 unspecified atom stereocenters. The van der Waals surface area contributed by atoms with Gasteiger partial charge in [0, 0.05) is 10.6 Å². The lowest BCUT2D eigenvalue weighted by Crippen LogP contribution is -2.51. The third kappa shape index (κ3) is 5.20. The summed E-state index contributed by atoms with van der Waals surface area (Å²) in [4.78, 5) is 36.0. The fraction of sp³-hybridized carbons (Fsp3) is 0.118. The number of nitrogens with one attached hydrogen (secondary N) is 3. The Bertz CT molecular complexity index is 811. The maximum absolute atomic E-state index is 12.1. The molecule has 6 nitrogen and oxygen atoms in total. The Balaban J connectivity index is 1.89. The third-order valence-electron chi connectivity index (χ3n) is 3.25. The van der Waals surface area contributed by atoms with Crippen LogP contribution in [-0.4, -0.2) is 23.8 Å². The number of hydrogen-bond acceptors (Lipinski definition) is 3. The lowest BCUT2D eigenvalue weighted by atomic mass is 10.2. The molecule has 8 heteroatoms. The zero-order valence-corrected chi connectivity index (χ0v) is 14.7. The predicted octanol–water partition coefficient (Wildman–Crippen LogP) is 2.57. The highest BCUT2D eigenvalue weighted by molar-refractivity contribution is 6.33. The van der Waals surface area contributed by atoms with Gasteiger partial charge in [-0.2, -0.15) is 0 Å². The molecule has 0 radical (unpaired) electrons. The zero-order valence-electron chi connectivity index (χ0n) is 13.2. The molecule has 2 rings (SSSR count). The summed E-state index contributed by atoms with van der Waals surface area (Å²) in [5.74, 6) is -1.61. The third-order valence-corrected chi connectivity index (χ3v) is 3.81. The highest BCUT2D eigenvalue weighted by Crippen LogP contribution is 2.14. The van der Waals surface area contributed by atoms with Crippen molar-refractivity contribution in [3.63, 3.8) is 0 Å². The molecule has 0 aliphatic rings. The van der Waals surface area contributed by atoms with Gasteiger partial charge in [0.25, 0.3) is 17.7 Å². The van der Waals surface area contributed by atoms with Gasteiger partial charge in [-0.05, 0) is 37.3 Å². The quantitative estimate of drug-likeness (QED) is 0.713. The van der Waals surface area contributed by atoms with E-state index in [0.717, 1.165) is 0 Å². The number of hydrazine groups is 1. The second-order valence-electron chi connectivity index (χ2n) is 5.13. The molecular weight excluding hydrogens is 365 g/mol. The van der Waals surface area contributed by atoms with Crippen molar-refractivity contribution in [1.82, 2.24) is 16.2 Å². The number of halogens is 2. The lowest BCUT2D eigenvalue weighted by Gasteiger charge is -2.15. The fourth-order valence-electron chi connectivity index (χ4n) is 1.91. The van der Waals surface area contributed by atoms with Crippen LogP contribution in [0.2, 0.25) is 10.0 Å². The fourth-order valence-corrected chi connectivity index (χ4v) is 2.33. The Kier molecular flexibility index (Phi) is 6.38. The van der Waals surface area contributed by atoms with Crippen molar-refractivity contribution < 1.29 is 14.4 Å². The highest BCUT2D eigenvalue weighted by Gasteiger charge is 2.18. The monoisotopic (exact) mass is 379 g/mol. The second kappa shape index (κ2) is 8.50. The van der Waals surface area contributed by atoms with E-state index in [1.807, 2.05) is 0 Å². The van der Waals surface area contributed by atoms with Gasteiger partial charge in [0.15, 0.2) is 0 Å². The van der Waals surface area contributed by atoms with Gasteiger partial charge in [-0.25, -0.2) is 0 Å². The van der Waals surface area contributed by atoms with E-state index in [4.69, 9.17) is 23.2 Å². The van der Waals surface area contributed by atoms with Gasteiger partial charge in [0.1, 0.15) is 6.04 Å². The van der Waals surface area contributed by atoms with Gasteiger partial charge in [-0.1, -0.05) is 41.4 Å². The lowest BCUT2D eigenvalue weighted by molar-refractivity contribution is -0.123. The molecule has 0 aromatic heterocycles. The average Bonchev–Trinajstić information content (AvgIpc) is 2.59. The molecule has 1 atom stereocenters. The summed E-state index contributed by atoms with van der Waals surface area (Å²) in [5.41, 5.74) is 5.05. The molecule has 0 aliphatic heterocycles. The number of carbonyl (C=O) groups is 3. The first-order valence-corrected chi connectivity index (χ1v) is 8.05. The van der Waals surface area contributed by atoms with Gasteiger partial charge < -0.3 is 5.32 Å². The Labute approximate surface area is 154 Å². The number of amides is 3. The van der Waals surface area contributed by atoms with Crippen molar-refractivity contribution >= 4 is 40.9 Å². The van der Waals surface area contributed by atoms with Crippen LogP contribution in [-0.2, 0) is 4.79 Å². The number of benzene rings is 2. The van der Waals surface area contributed by atoms with Crippen molar-refractivity contribution in [3.05, 3.63) is 69.7 Å². The number of rotatable bonds is 4. The highest BCUT2D eigenvalue weighted by atomic mass is 35.5. The summed E-state index contributed by atoms with van der Waals surface area (Å²) >= 11 is 11.7. The largest absolute Gasteiger partial charge is 0.340 e. The van der Waals surface area contributed by atoms with Gasteiger partial charge >= 0.3 is 0 Å². The smallest absolute Gasteiger partial charge is 0.269 e. The van der Waals surface area contributed by atoms with Crippen LogP contribution in [0.1, 0.15) is 27.6 Å². The maximum Gasteiger partial charge on any atom is 0.269 e.